The highest BCUT2D eigenvalue weighted by Gasteiger charge is 2.12. The van der Waals surface area contributed by atoms with Crippen LogP contribution < -0.4 is 10.2 Å². The summed E-state index contributed by atoms with van der Waals surface area (Å²) in [7, 11) is 0. The van der Waals surface area contributed by atoms with Crippen molar-refractivity contribution in [1.29, 1.82) is 0 Å². The van der Waals surface area contributed by atoms with Crippen LogP contribution in [0.4, 0.5) is 11.6 Å². The second-order valence-electron chi connectivity index (χ2n) is 6.54. The summed E-state index contributed by atoms with van der Waals surface area (Å²) in [5.41, 5.74) is 2.14. The lowest BCUT2D eigenvalue weighted by Crippen LogP contribution is -2.30. The summed E-state index contributed by atoms with van der Waals surface area (Å²) in [6.07, 6.45) is 7.42. The highest BCUT2D eigenvalue weighted by atomic mass is 15.2. The summed E-state index contributed by atoms with van der Waals surface area (Å²) in [4.78, 5) is 19.1. The van der Waals surface area contributed by atoms with Crippen LogP contribution in [0.5, 0.6) is 0 Å². The van der Waals surface area contributed by atoms with Crippen LogP contribution in [-0.2, 0) is 6.42 Å². The van der Waals surface area contributed by atoms with E-state index in [4.69, 9.17) is 0 Å². The number of nitrogens with zero attached hydrogens (tertiary/aromatic N) is 4. The molecule has 1 aliphatic heterocycles. The van der Waals surface area contributed by atoms with Crippen molar-refractivity contribution in [3.63, 3.8) is 0 Å². The second kappa shape index (κ2) is 7.51. The summed E-state index contributed by atoms with van der Waals surface area (Å²) in [6.45, 7) is 3.07. The zero-order valence-corrected chi connectivity index (χ0v) is 14.4. The Balaban J connectivity index is 1.29. The average molecular weight is 336 g/mol. The first kappa shape index (κ1) is 15.9. The van der Waals surface area contributed by atoms with Gasteiger partial charge in [-0.2, -0.15) is 0 Å². The van der Waals surface area contributed by atoms with E-state index in [-0.39, 0.29) is 0 Å². The molecule has 6 heteroatoms. The third kappa shape index (κ3) is 3.90. The Morgan fingerprint density at radius 2 is 1.96 bits per heavy atom. The summed E-state index contributed by atoms with van der Waals surface area (Å²) in [6, 6.07) is 10.2. The van der Waals surface area contributed by atoms with E-state index < -0.39 is 0 Å². The number of para-hydroxylation sites is 2. The molecule has 0 radical (unpaired) electrons. The lowest BCUT2D eigenvalue weighted by atomic mass is 10.1. The maximum Gasteiger partial charge on any atom is 0.134 e. The van der Waals surface area contributed by atoms with Crippen LogP contribution in [0, 0.1) is 0 Å². The van der Waals surface area contributed by atoms with Gasteiger partial charge in [0, 0.05) is 32.1 Å². The van der Waals surface area contributed by atoms with Crippen LogP contribution in [0.1, 0.15) is 31.5 Å². The molecule has 0 saturated carbocycles. The molecule has 0 atom stereocenters. The number of nitrogens with one attached hydrogen (secondary N) is 2. The largest absolute Gasteiger partial charge is 0.370 e. The monoisotopic (exact) mass is 336 g/mol. The van der Waals surface area contributed by atoms with Crippen molar-refractivity contribution in [3.8, 4) is 0 Å². The molecular weight excluding hydrogens is 312 g/mol. The van der Waals surface area contributed by atoms with E-state index in [0.717, 1.165) is 61.0 Å². The molecule has 1 fully saturated rings. The zero-order valence-electron chi connectivity index (χ0n) is 14.4. The van der Waals surface area contributed by atoms with Gasteiger partial charge in [-0.3, -0.25) is 0 Å². The van der Waals surface area contributed by atoms with Crippen molar-refractivity contribution < 1.29 is 0 Å². The molecule has 0 spiro atoms. The number of H-pyrrole nitrogens is 1. The van der Waals surface area contributed by atoms with Crippen LogP contribution in [0.15, 0.2) is 36.7 Å². The lowest BCUT2D eigenvalue weighted by molar-refractivity contribution is 0.573. The van der Waals surface area contributed by atoms with Crippen LogP contribution in [-0.4, -0.2) is 39.6 Å². The van der Waals surface area contributed by atoms with Gasteiger partial charge in [0.25, 0.3) is 0 Å². The molecule has 0 aliphatic carbocycles. The fourth-order valence-corrected chi connectivity index (χ4v) is 3.34. The lowest BCUT2D eigenvalue weighted by Gasteiger charge is -2.27. The summed E-state index contributed by atoms with van der Waals surface area (Å²) in [5, 5.41) is 3.41. The topological polar surface area (TPSA) is 69.7 Å². The molecule has 1 aliphatic rings. The van der Waals surface area contributed by atoms with E-state index in [1.54, 1.807) is 6.33 Å². The Bertz CT molecular complexity index is 788. The third-order valence-corrected chi connectivity index (χ3v) is 4.67. The molecule has 6 nitrogen and oxygen atoms in total. The van der Waals surface area contributed by atoms with Gasteiger partial charge >= 0.3 is 0 Å². The minimum absolute atomic E-state index is 0.869. The number of benzene rings is 1. The van der Waals surface area contributed by atoms with Crippen LogP contribution in [0.3, 0.4) is 0 Å². The minimum Gasteiger partial charge on any atom is -0.370 e. The van der Waals surface area contributed by atoms with Crippen molar-refractivity contribution in [2.75, 3.05) is 29.9 Å². The van der Waals surface area contributed by atoms with Gasteiger partial charge in [0.2, 0.25) is 0 Å². The average Bonchev–Trinajstić information content (AvgIpc) is 3.09. The first-order chi connectivity index (χ1) is 12.4. The molecule has 2 N–H and O–H groups in total. The molecule has 2 aromatic heterocycles. The Morgan fingerprint density at radius 3 is 2.84 bits per heavy atom. The van der Waals surface area contributed by atoms with Gasteiger partial charge in [0.15, 0.2) is 0 Å². The first-order valence-corrected chi connectivity index (χ1v) is 9.13. The van der Waals surface area contributed by atoms with Crippen molar-refractivity contribution >= 4 is 22.7 Å². The molecule has 1 aromatic carbocycles. The van der Waals surface area contributed by atoms with Gasteiger partial charge in [-0.15, -0.1) is 0 Å². The second-order valence-corrected chi connectivity index (χ2v) is 6.54. The van der Waals surface area contributed by atoms with E-state index in [0.29, 0.717) is 0 Å². The van der Waals surface area contributed by atoms with Gasteiger partial charge < -0.3 is 15.2 Å². The highest BCUT2D eigenvalue weighted by molar-refractivity contribution is 5.74. The van der Waals surface area contributed by atoms with E-state index in [1.807, 2.05) is 18.2 Å². The standard InChI is InChI=1S/C19H24N6/c1-4-11-25(12-5-1)19-13-18(21-14-22-19)20-10-6-9-17-23-15-7-2-3-8-16(15)24-17/h2-3,7-8,13-14H,1,4-6,9-12H2,(H,23,24)(H,20,21,22). The quantitative estimate of drug-likeness (QED) is 0.675. The van der Waals surface area contributed by atoms with Crippen LogP contribution >= 0.6 is 0 Å². The number of rotatable bonds is 6. The number of imidazole rings is 1. The van der Waals surface area contributed by atoms with E-state index >= 15 is 0 Å². The van der Waals surface area contributed by atoms with E-state index in [1.165, 1.54) is 19.3 Å². The van der Waals surface area contributed by atoms with Gasteiger partial charge in [-0.25, -0.2) is 15.0 Å². The number of hydrogen-bond donors (Lipinski definition) is 2. The SMILES string of the molecule is c1ccc2[nH]c(CCCNc3cc(N4CCCCC4)ncn3)nc2c1. The molecule has 0 bridgehead atoms. The van der Waals surface area contributed by atoms with Gasteiger partial charge in [-0.1, -0.05) is 12.1 Å². The smallest absolute Gasteiger partial charge is 0.134 e. The molecular formula is C19H24N6. The molecule has 3 heterocycles. The fourth-order valence-electron chi connectivity index (χ4n) is 3.34. The number of anilines is 2. The number of piperidine rings is 1. The number of fused-ring (bicyclic) bond motifs is 1. The van der Waals surface area contributed by atoms with Crippen LogP contribution in [0.2, 0.25) is 0 Å². The van der Waals surface area contributed by atoms with E-state index in [2.05, 4.69) is 42.3 Å². The van der Waals surface area contributed by atoms with E-state index in [9.17, 15) is 0 Å². The number of aromatic nitrogens is 4. The molecule has 4 rings (SSSR count). The highest BCUT2D eigenvalue weighted by Crippen LogP contribution is 2.19. The Morgan fingerprint density at radius 1 is 1.08 bits per heavy atom. The summed E-state index contributed by atoms with van der Waals surface area (Å²) < 4.78 is 0. The van der Waals surface area contributed by atoms with Gasteiger partial charge in [-0.05, 0) is 37.8 Å². The van der Waals surface area contributed by atoms with Crippen molar-refractivity contribution in [2.24, 2.45) is 0 Å². The zero-order chi connectivity index (χ0) is 16.9. The Hall–Kier alpha value is -2.63. The predicted octanol–water partition coefficient (Wildman–Crippen LogP) is 3.39. The molecule has 0 unspecified atom stereocenters. The third-order valence-electron chi connectivity index (χ3n) is 4.67. The van der Waals surface area contributed by atoms with Crippen molar-refractivity contribution in [1.82, 2.24) is 19.9 Å². The molecule has 0 amide bonds. The maximum absolute atomic E-state index is 4.62. The number of aryl methyl sites for hydroxylation is 1. The molecule has 3 aromatic rings. The Labute approximate surface area is 147 Å². The number of hydrogen-bond acceptors (Lipinski definition) is 5. The first-order valence-electron chi connectivity index (χ1n) is 9.13. The molecule has 130 valence electrons. The van der Waals surface area contributed by atoms with Gasteiger partial charge in [0.05, 0.1) is 11.0 Å². The Kier molecular flexibility index (Phi) is 4.77. The fraction of sp³-hybridized carbons (Fsp3) is 0.421. The molecule has 1 saturated heterocycles. The summed E-state index contributed by atoms with van der Waals surface area (Å²) in [5.74, 6) is 2.98. The van der Waals surface area contributed by atoms with Crippen LogP contribution in [0.25, 0.3) is 11.0 Å². The van der Waals surface area contributed by atoms with Crippen molar-refractivity contribution in [2.45, 2.75) is 32.1 Å². The minimum atomic E-state index is 0.869. The summed E-state index contributed by atoms with van der Waals surface area (Å²) >= 11 is 0. The van der Waals surface area contributed by atoms with Gasteiger partial charge in [0.1, 0.15) is 23.8 Å². The maximum atomic E-state index is 4.62. The number of aromatic amines is 1. The normalized spacial score (nSPS) is 14.8. The van der Waals surface area contributed by atoms with Crippen molar-refractivity contribution in [3.05, 3.63) is 42.5 Å². The molecule has 25 heavy (non-hydrogen) atoms. The predicted molar refractivity (Wildman–Crippen MR) is 101 cm³/mol.